The lowest BCUT2D eigenvalue weighted by molar-refractivity contribution is -0.129. The van der Waals surface area contributed by atoms with Gasteiger partial charge >= 0.3 is 0 Å². The van der Waals surface area contributed by atoms with Crippen molar-refractivity contribution in [1.29, 1.82) is 0 Å². The van der Waals surface area contributed by atoms with Crippen LogP contribution in [0, 0.1) is 17.8 Å². The van der Waals surface area contributed by atoms with Crippen molar-refractivity contribution in [3.8, 4) is 0 Å². The van der Waals surface area contributed by atoms with Crippen LogP contribution >= 0.6 is 0 Å². The minimum Gasteiger partial charge on any atom is -0.374 e. The summed E-state index contributed by atoms with van der Waals surface area (Å²) in [6, 6.07) is 0. The lowest BCUT2D eigenvalue weighted by Gasteiger charge is -2.35. The van der Waals surface area contributed by atoms with Crippen molar-refractivity contribution in [3.05, 3.63) is 12.2 Å². The number of hydrogen-bond donors (Lipinski definition) is 0. The summed E-state index contributed by atoms with van der Waals surface area (Å²) in [6.45, 7) is 2.77. The van der Waals surface area contributed by atoms with E-state index in [4.69, 9.17) is 4.74 Å². The molecule has 0 aromatic carbocycles. The van der Waals surface area contributed by atoms with E-state index in [-0.39, 0.29) is 11.5 Å². The second-order valence-corrected chi connectivity index (χ2v) is 4.72. The van der Waals surface area contributed by atoms with Gasteiger partial charge in [0.1, 0.15) is 5.78 Å². The van der Waals surface area contributed by atoms with Gasteiger partial charge in [-0.25, -0.2) is 0 Å². The van der Waals surface area contributed by atoms with Gasteiger partial charge in [0.15, 0.2) is 0 Å². The molecule has 0 N–H and O–H groups in total. The molecule has 0 aromatic heterocycles. The second-order valence-electron chi connectivity index (χ2n) is 4.72. The predicted molar refractivity (Wildman–Crippen MR) is 52.8 cm³/mol. The van der Waals surface area contributed by atoms with E-state index >= 15 is 0 Å². The van der Waals surface area contributed by atoms with E-state index in [2.05, 4.69) is 12.2 Å². The number of hydrogen-bond acceptors (Lipinski definition) is 2. The Bertz CT molecular complexity index is 307. The Labute approximate surface area is 84.3 Å². The van der Waals surface area contributed by atoms with Crippen LogP contribution in [0.25, 0.3) is 0 Å². The average molecular weight is 192 g/mol. The Morgan fingerprint density at radius 3 is 3.21 bits per heavy atom. The van der Waals surface area contributed by atoms with Crippen LogP contribution in [0.4, 0.5) is 0 Å². The smallest absolute Gasteiger partial charge is 0.139 e. The molecule has 2 fully saturated rings. The van der Waals surface area contributed by atoms with Gasteiger partial charge in [0.2, 0.25) is 0 Å². The van der Waals surface area contributed by atoms with Gasteiger partial charge in [-0.1, -0.05) is 12.2 Å². The molecule has 2 nitrogen and oxygen atoms in total. The highest BCUT2D eigenvalue weighted by Crippen LogP contribution is 2.58. The highest BCUT2D eigenvalue weighted by Gasteiger charge is 2.62. The summed E-state index contributed by atoms with van der Waals surface area (Å²) in [6.07, 6.45) is 7.34. The summed E-state index contributed by atoms with van der Waals surface area (Å²) in [7, 11) is 0. The maximum absolute atomic E-state index is 11.8. The fraction of sp³-hybridized carbons (Fsp3) is 0.750. The molecule has 14 heavy (non-hydrogen) atoms. The minimum atomic E-state index is -0.0920. The Hall–Kier alpha value is -0.630. The molecule has 0 aromatic rings. The van der Waals surface area contributed by atoms with Gasteiger partial charge in [-0.3, -0.25) is 4.79 Å². The van der Waals surface area contributed by atoms with Crippen molar-refractivity contribution in [2.45, 2.75) is 31.8 Å². The standard InChI is InChI=1S/C12H16O2/c1-2-14-12-6-5-10(13)11(12)8-3-4-9(12)7-8/h3-4,8-9,11H,2,5-7H2,1H3/t8-,9+,11+,12-/m1/s1. The zero-order valence-corrected chi connectivity index (χ0v) is 8.53. The molecular formula is C12H16O2. The largest absolute Gasteiger partial charge is 0.374 e. The fourth-order valence-corrected chi connectivity index (χ4v) is 3.79. The summed E-state index contributed by atoms with van der Waals surface area (Å²) >= 11 is 0. The predicted octanol–water partition coefficient (Wildman–Crippen LogP) is 1.95. The Kier molecular flexibility index (Phi) is 1.67. The third-order valence-electron chi connectivity index (χ3n) is 4.22. The lowest BCUT2D eigenvalue weighted by Crippen LogP contribution is -2.42. The van der Waals surface area contributed by atoms with E-state index in [0.717, 1.165) is 25.9 Å². The van der Waals surface area contributed by atoms with Crippen LogP contribution in [-0.2, 0) is 9.53 Å². The zero-order valence-electron chi connectivity index (χ0n) is 8.53. The minimum absolute atomic E-state index is 0.0920. The topological polar surface area (TPSA) is 26.3 Å². The zero-order chi connectivity index (χ0) is 9.76. The first-order valence-electron chi connectivity index (χ1n) is 5.63. The average Bonchev–Trinajstić information content (AvgIpc) is 2.79. The molecule has 3 rings (SSSR count). The first kappa shape index (κ1) is 8.66. The number of fused-ring (bicyclic) bond motifs is 5. The number of ketones is 1. The molecule has 0 radical (unpaired) electrons. The molecule has 0 amide bonds. The highest BCUT2D eigenvalue weighted by atomic mass is 16.5. The van der Waals surface area contributed by atoms with Crippen LogP contribution in [0.15, 0.2) is 12.2 Å². The van der Waals surface area contributed by atoms with Crippen LogP contribution < -0.4 is 0 Å². The number of carbonyl (C=O) groups is 1. The maximum Gasteiger partial charge on any atom is 0.139 e. The second kappa shape index (κ2) is 2.69. The number of rotatable bonds is 2. The van der Waals surface area contributed by atoms with Gasteiger partial charge in [0, 0.05) is 18.9 Å². The van der Waals surface area contributed by atoms with Crippen LogP contribution in [0.2, 0.25) is 0 Å². The first-order valence-corrected chi connectivity index (χ1v) is 5.63. The molecule has 2 bridgehead atoms. The Morgan fingerprint density at radius 2 is 2.43 bits per heavy atom. The Morgan fingerprint density at radius 1 is 1.57 bits per heavy atom. The lowest BCUT2D eigenvalue weighted by atomic mass is 9.81. The van der Waals surface area contributed by atoms with Gasteiger partial charge in [-0.2, -0.15) is 0 Å². The van der Waals surface area contributed by atoms with Gasteiger partial charge < -0.3 is 4.74 Å². The van der Waals surface area contributed by atoms with Crippen LogP contribution in [0.5, 0.6) is 0 Å². The molecule has 0 saturated heterocycles. The van der Waals surface area contributed by atoms with E-state index in [1.807, 2.05) is 6.92 Å². The third kappa shape index (κ3) is 0.830. The molecule has 0 heterocycles. The SMILES string of the molecule is CCO[C@@]12CCC(=O)[C@@H]1[C@@H]1C=C[C@H]2C1. The van der Waals surface area contributed by atoms with E-state index in [0.29, 0.717) is 17.6 Å². The monoisotopic (exact) mass is 192 g/mol. The normalized spacial score (nSPS) is 48.9. The molecule has 0 spiro atoms. The summed E-state index contributed by atoms with van der Waals surface area (Å²) in [5, 5.41) is 0. The summed E-state index contributed by atoms with van der Waals surface area (Å²) in [4.78, 5) is 11.8. The molecule has 0 unspecified atom stereocenters. The van der Waals surface area contributed by atoms with Crippen molar-refractivity contribution >= 4 is 5.78 Å². The van der Waals surface area contributed by atoms with Crippen molar-refractivity contribution in [2.75, 3.05) is 6.61 Å². The molecule has 2 saturated carbocycles. The quantitative estimate of drug-likeness (QED) is 0.625. The first-order chi connectivity index (χ1) is 6.78. The summed E-state index contributed by atoms with van der Waals surface area (Å²) < 4.78 is 5.95. The van der Waals surface area contributed by atoms with Gasteiger partial charge in [-0.05, 0) is 25.7 Å². The van der Waals surface area contributed by atoms with Crippen molar-refractivity contribution < 1.29 is 9.53 Å². The van der Waals surface area contributed by atoms with Crippen molar-refractivity contribution in [1.82, 2.24) is 0 Å². The third-order valence-corrected chi connectivity index (χ3v) is 4.22. The number of Topliss-reactive ketones (excluding diaryl/α,β-unsaturated/α-hetero) is 1. The molecule has 2 heteroatoms. The fourth-order valence-electron chi connectivity index (χ4n) is 3.79. The van der Waals surface area contributed by atoms with Crippen molar-refractivity contribution in [2.24, 2.45) is 17.8 Å². The summed E-state index contributed by atoms with van der Waals surface area (Å²) in [5.41, 5.74) is -0.0920. The summed E-state index contributed by atoms with van der Waals surface area (Å²) in [5.74, 6) is 1.64. The van der Waals surface area contributed by atoms with E-state index in [1.54, 1.807) is 0 Å². The van der Waals surface area contributed by atoms with E-state index in [1.165, 1.54) is 0 Å². The van der Waals surface area contributed by atoms with E-state index < -0.39 is 0 Å². The molecule has 3 aliphatic carbocycles. The van der Waals surface area contributed by atoms with Gasteiger partial charge in [0.05, 0.1) is 11.5 Å². The van der Waals surface area contributed by atoms with Gasteiger partial charge in [0.25, 0.3) is 0 Å². The van der Waals surface area contributed by atoms with E-state index in [9.17, 15) is 4.79 Å². The molecule has 3 aliphatic rings. The number of ether oxygens (including phenoxy) is 1. The van der Waals surface area contributed by atoms with Gasteiger partial charge in [-0.15, -0.1) is 0 Å². The highest BCUT2D eigenvalue weighted by molar-refractivity contribution is 5.86. The van der Waals surface area contributed by atoms with Crippen LogP contribution in [-0.4, -0.2) is 18.0 Å². The molecule has 0 aliphatic heterocycles. The molecule has 4 atom stereocenters. The van der Waals surface area contributed by atoms with Crippen LogP contribution in [0.1, 0.15) is 26.2 Å². The number of allylic oxidation sites excluding steroid dienone is 1. The maximum atomic E-state index is 11.8. The molecular weight excluding hydrogens is 176 g/mol. The molecule has 76 valence electrons. The van der Waals surface area contributed by atoms with Crippen molar-refractivity contribution in [3.63, 3.8) is 0 Å². The van der Waals surface area contributed by atoms with Crippen LogP contribution in [0.3, 0.4) is 0 Å². The number of carbonyl (C=O) groups excluding carboxylic acids is 1. The Balaban J connectivity index is 2.01.